The lowest BCUT2D eigenvalue weighted by molar-refractivity contribution is 0.431. The predicted octanol–water partition coefficient (Wildman–Crippen LogP) is 4.71. The number of hydrogen-bond donors (Lipinski definition) is 1. The van der Waals surface area contributed by atoms with E-state index >= 15 is 0 Å². The summed E-state index contributed by atoms with van der Waals surface area (Å²) in [4.78, 5) is 26.4. The summed E-state index contributed by atoms with van der Waals surface area (Å²) in [5, 5.41) is 8.08. The minimum Gasteiger partial charge on any atom is -0.330 e. The van der Waals surface area contributed by atoms with Gasteiger partial charge in [0.15, 0.2) is 0 Å². The third-order valence-electron chi connectivity index (χ3n) is 5.56. The highest BCUT2D eigenvalue weighted by atomic mass is 16.5. The van der Waals surface area contributed by atoms with Gasteiger partial charge in [0.05, 0.1) is 5.52 Å². The molecule has 0 amide bonds. The molecule has 0 atom stereocenters. The fourth-order valence-electron chi connectivity index (χ4n) is 3.82. The monoisotopic (exact) mass is 438 g/mol. The quantitative estimate of drug-likeness (QED) is 0.434. The summed E-state index contributed by atoms with van der Waals surface area (Å²) in [6.45, 7) is 5.79. The molecule has 164 valence electrons. The van der Waals surface area contributed by atoms with E-state index in [1.807, 2.05) is 69.3 Å². The Labute approximate surface area is 190 Å². The summed E-state index contributed by atoms with van der Waals surface area (Å²) in [7, 11) is 1.78. The number of fused-ring (bicyclic) bond motifs is 1. The lowest BCUT2D eigenvalue weighted by atomic mass is 9.99. The molecule has 4 aromatic heterocycles. The Morgan fingerprint density at radius 3 is 2.61 bits per heavy atom. The van der Waals surface area contributed by atoms with Crippen molar-refractivity contribution in [3.8, 4) is 22.7 Å². The zero-order valence-electron chi connectivity index (χ0n) is 18.7. The second-order valence-electron chi connectivity index (χ2n) is 8.05. The normalized spacial score (nSPS) is 11.2. The molecule has 0 unspecified atom stereocenters. The van der Waals surface area contributed by atoms with Gasteiger partial charge in [-0.05, 0) is 73.5 Å². The van der Waals surface area contributed by atoms with Crippen LogP contribution in [0.2, 0.25) is 0 Å². The van der Waals surface area contributed by atoms with Gasteiger partial charge in [0, 0.05) is 41.3 Å². The van der Waals surface area contributed by atoms with Crippen LogP contribution in [0.5, 0.6) is 0 Å². The third kappa shape index (κ3) is 3.87. The van der Waals surface area contributed by atoms with E-state index in [4.69, 9.17) is 4.52 Å². The Balaban J connectivity index is 1.52. The SMILES string of the molecule is Cc1cc2c(cn1)cc(-c1cc(Nc3noc(-c4cccc(C)n4)n3)ccc1C)c(=O)n2C. The van der Waals surface area contributed by atoms with Crippen LogP contribution in [0.25, 0.3) is 33.6 Å². The molecule has 0 radical (unpaired) electrons. The Kier molecular flexibility index (Phi) is 4.97. The molecule has 0 saturated carbocycles. The van der Waals surface area contributed by atoms with Gasteiger partial charge in [-0.3, -0.25) is 9.78 Å². The topological polar surface area (TPSA) is 98.7 Å². The van der Waals surface area contributed by atoms with Gasteiger partial charge in [0.25, 0.3) is 17.4 Å². The molecule has 8 nitrogen and oxygen atoms in total. The highest BCUT2D eigenvalue weighted by Gasteiger charge is 2.14. The maximum Gasteiger partial charge on any atom is 0.278 e. The molecule has 4 heterocycles. The fraction of sp³-hybridized carbons (Fsp3) is 0.160. The van der Waals surface area contributed by atoms with Gasteiger partial charge < -0.3 is 14.4 Å². The number of benzene rings is 1. The summed E-state index contributed by atoms with van der Waals surface area (Å²) in [5.41, 5.74) is 6.29. The van der Waals surface area contributed by atoms with E-state index in [0.29, 0.717) is 23.1 Å². The summed E-state index contributed by atoms with van der Waals surface area (Å²) in [5.74, 6) is 0.647. The second kappa shape index (κ2) is 7.98. The van der Waals surface area contributed by atoms with Crippen molar-refractivity contribution in [2.24, 2.45) is 7.05 Å². The van der Waals surface area contributed by atoms with Crippen molar-refractivity contribution in [2.75, 3.05) is 5.32 Å². The van der Waals surface area contributed by atoms with Crippen molar-refractivity contribution < 1.29 is 4.52 Å². The van der Waals surface area contributed by atoms with E-state index in [2.05, 4.69) is 25.4 Å². The van der Waals surface area contributed by atoms with E-state index in [0.717, 1.165) is 39.1 Å². The smallest absolute Gasteiger partial charge is 0.278 e. The first-order valence-corrected chi connectivity index (χ1v) is 10.5. The number of aromatic nitrogens is 5. The standard InChI is InChI=1S/C25H22N6O2/c1-14-8-9-18(28-25-29-23(33-30-25)21-7-5-6-15(2)27-21)12-19(14)20-11-17-13-26-16(3)10-22(17)31(4)24(20)32/h5-13H,1-4H3,(H,28,30). The second-order valence-corrected chi connectivity index (χ2v) is 8.05. The van der Waals surface area contributed by atoms with Crippen LogP contribution in [-0.2, 0) is 7.05 Å². The van der Waals surface area contributed by atoms with Crippen LogP contribution in [0, 0.1) is 20.8 Å². The molecule has 1 N–H and O–H groups in total. The number of aryl methyl sites for hydroxylation is 4. The lowest BCUT2D eigenvalue weighted by Crippen LogP contribution is -2.19. The summed E-state index contributed by atoms with van der Waals surface area (Å²) in [6, 6.07) is 15.2. The van der Waals surface area contributed by atoms with E-state index < -0.39 is 0 Å². The Morgan fingerprint density at radius 1 is 0.939 bits per heavy atom. The van der Waals surface area contributed by atoms with Crippen LogP contribution >= 0.6 is 0 Å². The van der Waals surface area contributed by atoms with Crippen LogP contribution in [0.4, 0.5) is 11.6 Å². The molecule has 0 saturated heterocycles. The highest BCUT2D eigenvalue weighted by Crippen LogP contribution is 2.28. The Bertz CT molecular complexity index is 1570. The maximum absolute atomic E-state index is 13.2. The Hall–Kier alpha value is -4.33. The van der Waals surface area contributed by atoms with Crippen molar-refractivity contribution >= 4 is 22.5 Å². The molecule has 5 rings (SSSR count). The van der Waals surface area contributed by atoms with Crippen molar-refractivity contribution in [1.29, 1.82) is 0 Å². The number of nitrogens with zero attached hydrogens (tertiary/aromatic N) is 5. The zero-order valence-corrected chi connectivity index (χ0v) is 18.7. The molecular formula is C25H22N6O2. The van der Waals surface area contributed by atoms with Gasteiger partial charge in [-0.15, -0.1) is 0 Å². The average Bonchev–Trinajstić information content (AvgIpc) is 3.27. The average molecular weight is 438 g/mol. The van der Waals surface area contributed by atoms with Crippen molar-refractivity contribution in [2.45, 2.75) is 20.8 Å². The molecule has 0 aliphatic rings. The maximum atomic E-state index is 13.2. The van der Waals surface area contributed by atoms with E-state index in [1.54, 1.807) is 17.8 Å². The Morgan fingerprint density at radius 2 is 1.79 bits per heavy atom. The van der Waals surface area contributed by atoms with Crippen molar-refractivity contribution in [3.05, 3.63) is 82.0 Å². The molecule has 1 aromatic carbocycles. The molecule has 0 aliphatic carbocycles. The number of nitrogens with one attached hydrogen (secondary N) is 1. The van der Waals surface area contributed by atoms with E-state index in [9.17, 15) is 4.79 Å². The van der Waals surface area contributed by atoms with E-state index in [-0.39, 0.29) is 5.56 Å². The predicted molar refractivity (Wildman–Crippen MR) is 127 cm³/mol. The molecule has 0 aliphatic heterocycles. The van der Waals surface area contributed by atoms with Crippen LogP contribution < -0.4 is 10.9 Å². The molecule has 5 aromatic rings. The highest BCUT2D eigenvalue weighted by molar-refractivity contribution is 5.85. The number of hydrogen-bond acceptors (Lipinski definition) is 7. The van der Waals surface area contributed by atoms with Crippen LogP contribution in [-0.4, -0.2) is 24.7 Å². The molecular weight excluding hydrogens is 416 g/mol. The summed E-state index contributed by atoms with van der Waals surface area (Å²) in [6.07, 6.45) is 1.80. The first-order valence-electron chi connectivity index (χ1n) is 10.5. The van der Waals surface area contributed by atoms with Crippen molar-refractivity contribution in [3.63, 3.8) is 0 Å². The van der Waals surface area contributed by atoms with Gasteiger partial charge in [-0.1, -0.05) is 12.1 Å². The van der Waals surface area contributed by atoms with E-state index in [1.165, 1.54) is 0 Å². The number of pyridine rings is 3. The molecule has 33 heavy (non-hydrogen) atoms. The first kappa shape index (κ1) is 20.6. The number of rotatable bonds is 4. The van der Waals surface area contributed by atoms with Gasteiger partial charge in [-0.25, -0.2) is 4.98 Å². The minimum atomic E-state index is -0.0688. The van der Waals surface area contributed by atoms with Gasteiger partial charge in [-0.2, -0.15) is 4.98 Å². The van der Waals surface area contributed by atoms with Crippen LogP contribution in [0.3, 0.4) is 0 Å². The number of anilines is 2. The third-order valence-corrected chi connectivity index (χ3v) is 5.56. The van der Waals surface area contributed by atoms with Gasteiger partial charge >= 0.3 is 0 Å². The molecule has 0 spiro atoms. The zero-order chi connectivity index (χ0) is 23.1. The van der Waals surface area contributed by atoms with Crippen molar-refractivity contribution in [1.82, 2.24) is 24.7 Å². The molecule has 0 bridgehead atoms. The van der Waals surface area contributed by atoms with Crippen LogP contribution in [0.1, 0.15) is 17.0 Å². The lowest BCUT2D eigenvalue weighted by Gasteiger charge is -2.12. The minimum absolute atomic E-state index is 0.0688. The molecule has 8 heteroatoms. The summed E-state index contributed by atoms with van der Waals surface area (Å²) >= 11 is 0. The van der Waals surface area contributed by atoms with Gasteiger partial charge in [0.2, 0.25) is 0 Å². The van der Waals surface area contributed by atoms with Gasteiger partial charge in [0.1, 0.15) is 5.69 Å². The first-order chi connectivity index (χ1) is 15.9. The summed E-state index contributed by atoms with van der Waals surface area (Å²) < 4.78 is 7.03. The fourth-order valence-corrected chi connectivity index (χ4v) is 3.82. The largest absolute Gasteiger partial charge is 0.330 e. The molecule has 0 fully saturated rings. The van der Waals surface area contributed by atoms with Crippen LogP contribution in [0.15, 0.2) is 64.0 Å².